The molecule has 0 saturated carbocycles. The number of imidazole rings is 1. The van der Waals surface area contributed by atoms with Gasteiger partial charge in [0.15, 0.2) is 0 Å². The highest BCUT2D eigenvalue weighted by Gasteiger charge is 2.45. The summed E-state index contributed by atoms with van der Waals surface area (Å²) in [5.41, 5.74) is 5.49. The van der Waals surface area contributed by atoms with Crippen LogP contribution in [0.25, 0.3) is 16.6 Å². The monoisotopic (exact) mass is 534 g/mol. The summed E-state index contributed by atoms with van der Waals surface area (Å²) in [5, 5.41) is 58.9. The Morgan fingerprint density at radius 1 is 1.08 bits per heavy atom. The minimum Gasteiger partial charge on any atom is -0.511 e. The number of nitrogens with two attached hydrogens (primary N) is 1. The van der Waals surface area contributed by atoms with Crippen LogP contribution in [-0.4, -0.2) is 59.2 Å². The lowest BCUT2D eigenvalue weighted by Crippen LogP contribution is -2.35. The molecule has 2 unspecified atom stereocenters. The molecule has 0 bridgehead atoms. The number of para-hydroxylation sites is 1. The Morgan fingerprint density at radius 2 is 1.79 bits per heavy atom. The third-order valence-electron chi connectivity index (χ3n) is 6.82. The fraction of sp³-hybridized carbons (Fsp3) is 0.222. The number of allylic oxidation sites excluding steroid dienone is 2. The normalized spacial score (nSPS) is 18.0. The third kappa shape index (κ3) is 5.17. The quantitative estimate of drug-likeness (QED) is 0.107. The van der Waals surface area contributed by atoms with Crippen molar-refractivity contribution in [2.24, 2.45) is 11.7 Å². The molecule has 2 atom stereocenters. The van der Waals surface area contributed by atoms with Gasteiger partial charge >= 0.3 is 17.9 Å². The Labute approximate surface area is 221 Å². The van der Waals surface area contributed by atoms with Crippen molar-refractivity contribution in [3.8, 4) is 5.75 Å². The first-order valence-corrected chi connectivity index (χ1v) is 11.9. The maximum absolute atomic E-state index is 12.2. The minimum absolute atomic E-state index is 0.0709. The predicted molar refractivity (Wildman–Crippen MR) is 139 cm³/mol. The van der Waals surface area contributed by atoms with Gasteiger partial charge in [-0.25, -0.2) is 4.98 Å². The number of hydrogen-bond acceptors (Lipinski definition) is 7. The van der Waals surface area contributed by atoms with Gasteiger partial charge in [0.1, 0.15) is 28.6 Å². The molecule has 0 radical (unpaired) electrons. The van der Waals surface area contributed by atoms with Gasteiger partial charge in [-0.2, -0.15) is 0 Å². The van der Waals surface area contributed by atoms with Crippen LogP contribution in [0.4, 0.5) is 0 Å². The molecule has 9 N–H and O–H groups in total. The number of phenols is 1. The summed E-state index contributed by atoms with van der Waals surface area (Å²) in [6.45, 7) is 0. The fourth-order valence-electron chi connectivity index (χ4n) is 4.90. The van der Waals surface area contributed by atoms with Crippen molar-refractivity contribution in [2.45, 2.75) is 31.1 Å². The molecule has 39 heavy (non-hydrogen) atoms. The number of aromatic hydroxyl groups is 1. The summed E-state index contributed by atoms with van der Waals surface area (Å²) in [7, 11) is 0. The van der Waals surface area contributed by atoms with Crippen LogP contribution in [0.15, 0.2) is 59.9 Å². The van der Waals surface area contributed by atoms with Crippen LogP contribution in [0.2, 0.25) is 0 Å². The van der Waals surface area contributed by atoms with E-state index in [1.807, 2.05) is 0 Å². The molecule has 1 aliphatic carbocycles. The molecule has 2 aromatic carbocycles. The molecule has 12 heteroatoms. The topological polar surface area (TPSA) is 231 Å². The van der Waals surface area contributed by atoms with E-state index in [1.54, 1.807) is 30.3 Å². The number of aliphatic carboxylic acids is 3. The van der Waals surface area contributed by atoms with Crippen LogP contribution in [0, 0.1) is 11.3 Å². The van der Waals surface area contributed by atoms with Crippen molar-refractivity contribution in [1.29, 1.82) is 5.41 Å². The van der Waals surface area contributed by atoms with Crippen molar-refractivity contribution in [1.82, 2.24) is 9.97 Å². The number of aliphatic hydroxyl groups is 1. The predicted octanol–water partition coefficient (Wildman–Crippen LogP) is 3.13. The second-order valence-electron chi connectivity index (χ2n) is 9.33. The Balaban J connectivity index is 2.04. The first kappa shape index (κ1) is 26.9. The maximum atomic E-state index is 12.2. The smallest absolute Gasteiger partial charge is 0.311 e. The highest BCUT2D eigenvalue weighted by molar-refractivity contribution is 5.98. The number of aromatic amines is 1. The highest BCUT2D eigenvalue weighted by atomic mass is 16.4. The zero-order chi connectivity index (χ0) is 28.5. The first-order chi connectivity index (χ1) is 18.4. The molecule has 3 aromatic rings. The summed E-state index contributed by atoms with van der Waals surface area (Å²) in [4.78, 5) is 43.1. The van der Waals surface area contributed by atoms with Gasteiger partial charge in [0.2, 0.25) is 0 Å². The number of nitrogens with one attached hydrogen (secondary N) is 2. The van der Waals surface area contributed by atoms with E-state index in [2.05, 4.69) is 9.97 Å². The minimum atomic E-state index is -1.72. The zero-order valence-corrected chi connectivity index (χ0v) is 20.5. The van der Waals surface area contributed by atoms with Gasteiger partial charge in [0.25, 0.3) is 0 Å². The van der Waals surface area contributed by atoms with Gasteiger partial charge in [-0.1, -0.05) is 29.8 Å². The van der Waals surface area contributed by atoms with Crippen molar-refractivity contribution in [3.05, 3.63) is 76.8 Å². The molecule has 4 rings (SSSR count). The molecular weight excluding hydrogens is 508 g/mol. The number of hydrogen-bond donors (Lipinski definition) is 8. The van der Waals surface area contributed by atoms with Gasteiger partial charge in [-0.15, -0.1) is 0 Å². The highest BCUT2D eigenvalue weighted by Crippen LogP contribution is 2.49. The number of fused-ring (bicyclic) bond motifs is 1. The molecule has 202 valence electrons. The number of H-pyrrole nitrogens is 1. The largest absolute Gasteiger partial charge is 0.511 e. The second-order valence-corrected chi connectivity index (χ2v) is 9.33. The third-order valence-corrected chi connectivity index (χ3v) is 6.82. The molecule has 1 aliphatic rings. The lowest BCUT2D eigenvalue weighted by molar-refractivity contribution is -0.147. The summed E-state index contributed by atoms with van der Waals surface area (Å²) in [6.07, 6.45) is -0.327. The van der Waals surface area contributed by atoms with E-state index >= 15 is 0 Å². The van der Waals surface area contributed by atoms with E-state index in [4.69, 9.17) is 11.1 Å². The Hall–Kier alpha value is -5.13. The average Bonchev–Trinajstić information content (AvgIpc) is 3.31. The number of carboxylic acid groups (broad SMARTS) is 3. The molecular formula is C27H26N4O8. The summed E-state index contributed by atoms with van der Waals surface area (Å²) in [6, 6.07) is 10.8. The molecule has 0 fully saturated rings. The molecule has 0 amide bonds. The Bertz CT molecular complexity index is 1570. The Kier molecular flexibility index (Phi) is 7.13. The van der Waals surface area contributed by atoms with Crippen LogP contribution in [-0.2, 0) is 19.8 Å². The first-order valence-electron chi connectivity index (χ1n) is 11.9. The van der Waals surface area contributed by atoms with Crippen LogP contribution < -0.4 is 5.73 Å². The summed E-state index contributed by atoms with van der Waals surface area (Å²) < 4.78 is 0. The molecule has 0 spiro atoms. The summed E-state index contributed by atoms with van der Waals surface area (Å²) in [5.74, 6) is -6.17. The van der Waals surface area contributed by atoms with Gasteiger partial charge < -0.3 is 36.3 Å². The van der Waals surface area contributed by atoms with E-state index < -0.39 is 42.1 Å². The fourth-order valence-corrected chi connectivity index (χ4v) is 4.90. The van der Waals surface area contributed by atoms with Gasteiger partial charge in [-0.05, 0) is 37.1 Å². The number of aliphatic hydroxyl groups excluding tert-OH is 1. The Morgan fingerprint density at radius 3 is 2.41 bits per heavy atom. The number of nitrogens with zero attached hydrogens (tertiary/aromatic N) is 1. The van der Waals surface area contributed by atoms with Crippen LogP contribution in [0.5, 0.6) is 5.75 Å². The van der Waals surface area contributed by atoms with E-state index in [0.717, 1.165) is 0 Å². The van der Waals surface area contributed by atoms with Crippen molar-refractivity contribution in [3.63, 3.8) is 0 Å². The lowest BCUT2D eigenvalue weighted by Gasteiger charge is -2.36. The van der Waals surface area contributed by atoms with E-state index in [0.29, 0.717) is 16.6 Å². The van der Waals surface area contributed by atoms with Crippen molar-refractivity contribution >= 4 is 40.4 Å². The number of rotatable bonds is 10. The van der Waals surface area contributed by atoms with E-state index in [-0.39, 0.29) is 52.7 Å². The van der Waals surface area contributed by atoms with Crippen LogP contribution in [0.3, 0.4) is 0 Å². The van der Waals surface area contributed by atoms with Gasteiger partial charge in [0.05, 0.1) is 23.4 Å². The standard InChI is InChI=1S/C27H26N4O8/c28-24(29)13-5-6-18-19(10-13)31-26(30-18)27(8-7-21(33)34)12-14(16(25(38)39)11-22(35)36)9-17(23(27)37)15-3-1-2-4-20(15)32/h1-6,10,12,16,32,37H,7-9,11H2,(H3,28,29)(H,30,31)(H,33,34)(H,35,36)(H,38,39). The van der Waals surface area contributed by atoms with Crippen molar-refractivity contribution < 1.29 is 39.9 Å². The number of aromatic nitrogens is 2. The average molecular weight is 535 g/mol. The van der Waals surface area contributed by atoms with Crippen molar-refractivity contribution in [2.75, 3.05) is 0 Å². The SMILES string of the molecule is N=C(N)c1ccc2nc(C3(CCC(=O)O)C=C(C(CC(=O)O)C(=O)O)CC(c4ccccc4O)=C3O)[nH]c2c1. The maximum Gasteiger partial charge on any atom is 0.311 e. The second kappa shape index (κ2) is 10.3. The lowest BCUT2D eigenvalue weighted by atomic mass is 9.69. The van der Waals surface area contributed by atoms with E-state index in [9.17, 15) is 39.9 Å². The molecule has 0 saturated heterocycles. The number of carbonyl (C=O) groups is 3. The van der Waals surface area contributed by atoms with E-state index in [1.165, 1.54) is 18.2 Å². The zero-order valence-electron chi connectivity index (χ0n) is 20.5. The molecule has 1 heterocycles. The summed E-state index contributed by atoms with van der Waals surface area (Å²) >= 11 is 0. The van der Waals surface area contributed by atoms with Crippen LogP contribution in [0.1, 0.15) is 42.6 Å². The number of amidine groups is 1. The number of carboxylic acids is 3. The number of nitrogen functional groups attached to an aromatic ring is 1. The molecule has 12 nitrogen and oxygen atoms in total. The van der Waals surface area contributed by atoms with Gasteiger partial charge in [-0.3, -0.25) is 19.8 Å². The van der Waals surface area contributed by atoms with Gasteiger partial charge in [0, 0.05) is 23.1 Å². The number of benzene rings is 2. The molecule has 1 aromatic heterocycles. The number of phenolic OH excluding ortho intramolecular Hbond substituents is 1. The molecule has 0 aliphatic heterocycles. The van der Waals surface area contributed by atoms with Crippen LogP contribution >= 0.6 is 0 Å².